The van der Waals surface area contributed by atoms with Crippen LogP contribution in [0.1, 0.15) is 52.7 Å². The second kappa shape index (κ2) is 7.81. The predicted molar refractivity (Wildman–Crippen MR) is 116 cm³/mol. The summed E-state index contributed by atoms with van der Waals surface area (Å²) in [7, 11) is 0. The fourth-order valence-corrected chi connectivity index (χ4v) is 3.93. The van der Waals surface area contributed by atoms with Gasteiger partial charge in [0.15, 0.2) is 0 Å². The third-order valence-corrected chi connectivity index (χ3v) is 5.25. The van der Waals surface area contributed by atoms with Gasteiger partial charge in [-0.15, -0.1) is 0 Å². The maximum absolute atomic E-state index is 12.4. The molecular formula is C23H33N3O3. The van der Waals surface area contributed by atoms with Crippen LogP contribution in [-0.2, 0) is 16.0 Å². The number of piperazine rings is 1. The second-order valence-corrected chi connectivity index (χ2v) is 9.89. The van der Waals surface area contributed by atoms with Crippen LogP contribution >= 0.6 is 0 Å². The van der Waals surface area contributed by atoms with E-state index in [4.69, 9.17) is 9.73 Å². The monoisotopic (exact) mass is 399 g/mol. The van der Waals surface area contributed by atoms with E-state index in [9.17, 15) is 9.59 Å². The first-order valence-corrected chi connectivity index (χ1v) is 10.4. The Kier molecular flexibility index (Phi) is 5.74. The molecule has 6 nitrogen and oxygen atoms in total. The SMILES string of the molecule is CC(C)(C)OC(=O)N1CCN(c2cccc3c2CC(C=O)N=C3C(C)(C)C)CC1. The Labute approximate surface area is 173 Å². The largest absolute Gasteiger partial charge is 0.444 e. The van der Waals surface area contributed by atoms with E-state index in [0.717, 1.165) is 36.3 Å². The van der Waals surface area contributed by atoms with Crippen LogP contribution in [0.4, 0.5) is 10.5 Å². The standard InChI is InChI=1S/C23H33N3O3/c1-22(2,3)20-17-8-7-9-19(18(17)14-16(15-27)24-20)25-10-12-26(13-11-25)21(28)29-23(4,5)6/h7-9,15-16H,10-14H2,1-6H3. The number of rotatable bonds is 2. The minimum Gasteiger partial charge on any atom is -0.444 e. The maximum Gasteiger partial charge on any atom is 0.410 e. The number of aldehydes is 1. The molecular weight excluding hydrogens is 366 g/mol. The first-order chi connectivity index (χ1) is 13.5. The summed E-state index contributed by atoms with van der Waals surface area (Å²) in [5.74, 6) is 0. The Bertz CT molecular complexity index is 810. The molecule has 0 radical (unpaired) electrons. The topological polar surface area (TPSA) is 62.2 Å². The zero-order valence-corrected chi connectivity index (χ0v) is 18.5. The van der Waals surface area contributed by atoms with Crippen molar-refractivity contribution in [2.24, 2.45) is 10.4 Å². The van der Waals surface area contributed by atoms with Crippen LogP contribution in [0.5, 0.6) is 0 Å². The summed E-state index contributed by atoms with van der Waals surface area (Å²) in [6, 6.07) is 5.97. The van der Waals surface area contributed by atoms with Gasteiger partial charge >= 0.3 is 6.09 Å². The van der Waals surface area contributed by atoms with Gasteiger partial charge in [0.1, 0.15) is 17.9 Å². The van der Waals surface area contributed by atoms with E-state index >= 15 is 0 Å². The number of fused-ring (bicyclic) bond motifs is 1. The lowest BCUT2D eigenvalue weighted by Gasteiger charge is -2.39. The van der Waals surface area contributed by atoms with Crippen molar-refractivity contribution in [3.8, 4) is 0 Å². The fourth-order valence-electron chi connectivity index (χ4n) is 3.93. The minimum atomic E-state index is -0.487. The number of amides is 1. The molecule has 0 aromatic heterocycles. The zero-order chi connectivity index (χ0) is 21.4. The van der Waals surface area contributed by atoms with Crippen LogP contribution in [0.2, 0.25) is 0 Å². The molecule has 29 heavy (non-hydrogen) atoms. The summed E-state index contributed by atoms with van der Waals surface area (Å²) in [5.41, 5.74) is 3.85. The molecule has 0 aliphatic carbocycles. The van der Waals surface area contributed by atoms with Crippen LogP contribution in [0.25, 0.3) is 0 Å². The van der Waals surface area contributed by atoms with Crippen molar-refractivity contribution in [3.05, 3.63) is 29.3 Å². The van der Waals surface area contributed by atoms with Gasteiger partial charge in [0.05, 0.1) is 0 Å². The number of hydrogen-bond donors (Lipinski definition) is 0. The van der Waals surface area contributed by atoms with Crippen LogP contribution in [0.3, 0.4) is 0 Å². The molecule has 3 rings (SSSR count). The average molecular weight is 400 g/mol. The van der Waals surface area contributed by atoms with E-state index in [0.29, 0.717) is 19.5 Å². The normalized spacial score (nSPS) is 20.1. The number of hydrogen-bond acceptors (Lipinski definition) is 5. The fraction of sp³-hybridized carbons (Fsp3) is 0.609. The summed E-state index contributed by atoms with van der Waals surface area (Å²) in [5, 5.41) is 0. The summed E-state index contributed by atoms with van der Waals surface area (Å²) < 4.78 is 5.50. The number of benzene rings is 1. The molecule has 1 amide bonds. The Hall–Kier alpha value is -2.37. The number of anilines is 1. The first-order valence-electron chi connectivity index (χ1n) is 10.4. The van der Waals surface area contributed by atoms with Crippen molar-refractivity contribution < 1.29 is 14.3 Å². The molecule has 1 atom stereocenters. The van der Waals surface area contributed by atoms with Gasteiger partial charge in [0.25, 0.3) is 0 Å². The molecule has 1 saturated heterocycles. The lowest BCUT2D eigenvalue weighted by molar-refractivity contribution is -0.108. The second-order valence-electron chi connectivity index (χ2n) is 9.89. The minimum absolute atomic E-state index is 0.134. The molecule has 1 aromatic rings. The molecule has 0 bridgehead atoms. The van der Waals surface area contributed by atoms with E-state index in [-0.39, 0.29) is 17.6 Å². The molecule has 2 heterocycles. The quantitative estimate of drug-likeness (QED) is 0.712. The lowest BCUT2D eigenvalue weighted by atomic mass is 9.80. The maximum atomic E-state index is 12.4. The first kappa shape index (κ1) is 21.3. The smallest absolute Gasteiger partial charge is 0.410 e. The van der Waals surface area contributed by atoms with Crippen molar-refractivity contribution in [1.29, 1.82) is 0 Å². The van der Waals surface area contributed by atoms with Crippen molar-refractivity contribution in [1.82, 2.24) is 4.90 Å². The highest BCUT2D eigenvalue weighted by Gasteiger charge is 2.32. The number of carbonyl (C=O) groups excluding carboxylic acids is 2. The number of aliphatic imine (C=N–C) groups is 1. The molecule has 158 valence electrons. The predicted octanol–water partition coefficient (Wildman–Crippen LogP) is 3.70. The van der Waals surface area contributed by atoms with Crippen LogP contribution in [0, 0.1) is 5.41 Å². The molecule has 2 aliphatic rings. The van der Waals surface area contributed by atoms with E-state index in [2.05, 4.69) is 43.9 Å². The summed E-state index contributed by atoms with van der Waals surface area (Å²) in [4.78, 5) is 32.8. The number of carbonyl (C=O) groups is 2. The van der Waals surface area contributed by atoms with E-state index in [1.165, 1.54) is 5.56 Å². The van der Waals surface area contributed by atoms with Crippen LogP contribution in [-0.4, -0.2) is 60.8 Å². The Morgan fingerprint density at radius 3 is 2.31 bits per heavy atom. The average Bonchev–Trinajstić information content (AvgIpc) is 2.64. The molecule has 0 N–H and O–H groups in total. The summed E-state index contributed by atoms with van der Waals surface area (Å²) in [6.45, 7) is 14.8. The third kappa shape index (κ3) is 4.80. The van der Waals surface area contributed by atoms with Gasteiger partial charge in [0, 0.05) is 55.0 Å². The molecule has 0 spiro atoms. The molecule has 1 aromatic carbocycles. The van der Waals surface area contributed by atoms with Gasteiger partial charge in [-0.1, -0.05) is 32.9 Å². The molecule has 1 fully saturated rings. The van der Waals surface area contributed by atoms with Crippen molar-refractivity contribution in [3.63, 3.8) is 0 Å². The van der Waals surface area contributed by atoms with Crippen molar-refractivity contribution in [2.75, 3.05) is 31.1 Å². The van der Waals surface area contributed by atoms with E-state index < -0.39 is 5.60 Å². The van der Waals surface area contributed by atoms with Gasteiger partial charge in [-0.3, -0.25) is 4.99 Å². The summed E-state index contributed by atoms with van der Waals surface area (Å²) >= 11 is 0. The Balaban J connectivity index is 1.82. The van der Waals surface area contributed by atoms with Gasteiger partial charge in [0.2, 0.25) is 0 Å². The van der Waals surface area contributed by atoms with Gasteiger partial charge in [-0.25, -0.2) is 4.79 Å². The Morgan fingerprint density at radius 2 is 1.76 bits per heavy atom. The highest BCUT2D eigenvalue weighted by Crippen LogP contribution is 2.35. The number of ether oxygens (including phenoxy) is 1. The van der Waals surface area contributed by atoms with Crippen LogP contribution < -0.4 is 4.90 Å². The number of nitrogens with zero attached hydrogens (tertiary/aromatic N) is 3. The Morgan fingerprint density at radius 1 is 1.10 bits per heavy atom. The van der Waals surface area contributed by atoms with Gasteiger partial charge < -0.3 is 19.3 Å². The van der Waals surface area contributed by atoms with E-state index in [1.54, 1.807) is 4.90 Å². The van der Waals surface area contributed by atoms with Gasteiger partial charge in [-0.2, -0.15) is 0 Å². The highest BCUT2D eigenvalue weighted by molar-refractivity contribution is 6.07. The van der Waals surface area contributed by atoms with Crippen LogP contribution in [0.15, 0.2) is 23.2 Å². The molecule has 0 saturated carbocycles. The molecule has 2 aliphatic heterocycles. The molecule has 6 heteroatoms. The third-order valence-electron chi connectivity index (χ3n) is 5.25. The zero-order valence-electron chi connectivity index (χ0n) is 18.5. The highest BCUT2D eigenvalue weighted by atomic mass is 16.6. The molecule has 1 unspecified atom stereocenters. The lowest BCUT2D eigenvalue weighted by Crippen LogP contribution is -2.50. The van der Waals surface area contributed by atoms with E-state index in [1.807, 2.05) is 20.8 Å². The van der Waals surface area contributed by atoms with Crippen molar-refractivity contribution in [2.45, 2.75) is 59.6 Å². The van der Waals surface area contributed by atoms with Gasteiger partial charge in [-0.05, 0) is 32.4 Å². The summed E-state index contributed by atoms with van der Waals surface area (Å²) in [6.07, 6.45) is 1.32. The van der Waals surface area contributed by atoms with Crippen molar-refractivity contribution >= 4 is 23.8 Å².